The average Bonchev–Trinajstić information content (AvgIpc) is 2.38. The van der Waals surface area contributed by atoms with Crippen LogP contribution in [-0.2, 0) is 20.0 Å². The Labute approximate surface area is 127 Å². The molecular weight excluding hydrogens is 314 g/mol. The number of hydrogen-bond donors (Lipinski definition) is 1. The fourth-order valence-corrected chi connectivity index (χ4v) is 6.84. The van der Waals surface area contributed by atoms with Crippen molar-refractivity contribution in [1.82, 2.24) is 13.9 Å². The Morgan fingerprint density at radius 2 is 2.00 bits per heavy atom. The highest BCUT2D eigenvalue weighted by Gasteiger charge is 2.40. The maximum absolute atomic E-state index is 12.7. The Kier molecular flexibility index (Phi) is 5.30. The third-order valence-electron chi connectivity index (χ3n) is 4.21. The van der Waals surface area contributed by atoms with Gasteiger partial charge < -0.3 is 5.32 Å². The predicted molar refractivity (Wildman–Crippen MR) is 82.0 cm³/mol. The SMILES string of the molecule is CNCC1CCCN(S(=O)(=O)N2CCS(=O)(=O)CC2C)C1. The summed E-state index contributed by atoms with van der Waals surface area (Å²) in [6.45, 7) is 3.58. The van der Waals surface area contributed by atoms with Crippen molar-refractivity contribution in [2.24, 2.45) is 5.92 Å². The van der Waals surface area contributed by atoms with Gasteiger partial charge in [0.1, 0.15) is 0 Å². The third kappa shape index (κ3) is 3.95. The smallest absolute Gasteiger partial charge is 0.282 e. The zero-order valence-electron chi connectivity index (χ0n) is 12.7. The maximum atomic E-state index is 12.7. The minimum atomic E-state index is -3.56. The second-order valence-corrected chi connectivity index (χ2v) is 10.1. The summed E-state index contributed by atoms with van der Waals surface area (Å²) in [6.07, 6.45) is 1.88. The van der Waals surface area contributed by atoms with Crippen LogP contribution < -0.4 is 5.32 Å². The summed E-state index contributed by atoms with van der Waals surface area (Å²) >= 11 is 0. The number of sulfone groups is 1. The van der Waals surface area contributed by atoms with Gasteiger partial charge in [-0.2, -0.15) is 17.0 Å². The summed E-state index contributed by atoms with van der Waals surface area (Å²) in [6, 6.07) is -0.488. The van der Waals surface area contributed by atoms with Gasteiger partial charge in [-0.15, -0.1) is 0 Å². The van der Waals surface area contributed by atoms with E-state index in [1.54, 1.807) is 6.92 Å². The van der Waals surface area contributed by atoms with Crippen LogP contribution in [0.15, 0.2) is 0 Å². The van der Waals surface area contributed by atoms with Crippen molar-refractivity contribution in [1.29, 1.82) is 0 Å². The van der Waals surface area contributed by atoms with Crippen LogP contribution in [0.1, 0.15) is 19.8 Å². The molecule has 2 saturated heterocycles. The summed E-state index contributed by atoms with van der Waals surface area (Å²) in [5, 5.41) is 3.09. The van der Waals surface area contributed by atoms with Gasteiger partial charge >= 0.3 is 0 Å². The van der Waals surface area contributed by atoms with Gasteiger partial charge in [0.25, 0.3) is 10.2 Å². The highest BCUT2D eigenvalue weighted by molar-refractivity contribution is 7.91. The van der Waals surface area contributed by atoms with Crippen molar-refractivity contribution in [3.05, 3.63) is 0 Å². The lowest BCUT2D eigenvalue weighted by Crippen LogP contribution is -2.56. The molecule has 2 fully saturated rings. The van der Waals surface area contributed by atoms with Gasteiger partial charge in [0.15, 0.2) is 9.84 Å². The molecule has 0 aromatic heterocycles. The quantitative estimate of drug-likeness (QED) is 0.731. The third-order valence-corrected chi connectivity index (χ3v) is 8.12. The van der Waals surface area contributed by atoms with Gasteiger partial charge in [0, 0.05) is 25.7 Å². The van der Waals surface area contributed by atoms with Crippen LogP contribution in [0.4, 0.5) is 0 Å². The lowest BCUT2D eigenvalue weighted by Gasteiger charge is -2.39. The van der Waals surface area contributed by atoms with Crippen LogP contribution in [0.5, 0.6) is 0 Å². The predicted octanol–water partition coefficient (Wildman–Crippen LogP) is -0.718. The molecule has 2 aliphatic rings. The first kappa shape index (κ1) is 17.1. The normalized spacial score (nSPS) is 32.1. The highest BCUT2D eigenvalue weighted by Crippen LogP contribution is 2.24. The minimum absolute atomic E-state index is 0.0685. The molecule has 0 bridgehead atoms. The molecule has 0 aliphatic carbocycles. The molecule has 7 nitrogen and oxygen atoms in total. The van der Waals surface area contributed by atoms with Crippen molar-refractivity contribution >= 4 is 20.0 Å². The van der Waals surface area contributed by atoms with E-state index in [9.17, 15) is 16.8 Å². The fraction of sp³-hybridized carbons (Fsp3) is 1.00. The summed E-state index contributed by atoms with van der Waals surface area (Å²) in [5.74, 6) is 0.159. The van der Waals surface area contributed by atoms with Gasteiger partial charge in [0.05, 0.1) is 11.5 Å². The molecule has 0 radical (unpaired) electrons. The zero-order valence-corrected chi connectivity index (χ0v) is 14.3. The van der Waals surface area contributed by atoms with Crippen molar-refractivity contribution in [3.8, 4) is 0 Å². The van der Waals surface area contributed by atoms with Crippen molar-refractivity contribution in [2.75, 3.05) is 44.7 Å². The Hall–Kier alpha value is -0.220. The summed E-state index contributed by atoms with van der Waals surface area (Å²) in [7, 11) is -4.81. The van der Waals surface area contributed by atoms with E-state index >= 15 is 0 Å². The lowest BCUT2D eigenvalue weighted by molar-refractivity contribution is 0.236. The van der Waals surface area contributed by atoms with E-state index in [0.29, 0.717) is 19.0 Å². The Morgan fingerprint density at radius 3 is 2.62 bits per heavy atom. The van der Waals surface area contributed by atoms with Crippen LogP contribution in [0.25, 0.3) is 0 Å². The van der Waals surface area contributed by atoms with Gasteiger partial charge in [-0.1, -0.05) is 0 Å². The summed E-state index contributed by atoms with van der Waals surface area (Å²) in [4.78, 5) is 0. The monoisotopic (exact) mass is 339 g/mol. The standard InChI is InChI=1S/C12H25N3O4S2/c1-11-10-20(16,17)7-6-15(11)21(18,19)14-5-3-4-12(9-14)8-13-2/h11-13H,3-10H2,1-2H3. The number of nitrogens with one attached hydrogen (secondary N) is 1. The largest absolute Gasteiger partial charge is 0.319 e. The minimum Gasteiger partial charge on any atom is -0.319 e. The zero-order chi connectivity index (χ0) is 15.7. The van der Waals surface area contributed by atoms with E-state index in [2.05, 4.69) is 5.32 Å². The van der Waals surface area contributed by atoms with E-state index in [1.165, 1.54) is 8.61 Å². The van der Waals surface area contributed by atoms with E-state index in [0.717, 1.165) is 19.4 Å². The van der Waals surface area contributed by atoms with E-state index in [1.807, 2.05) is 7.05 Å². The molecule has 2 unspecified atom stereocenters. The molecule has 124 valence electrons. The molecule has 0 amide bonds. The first-order valence-electron chi connectivity index (χ1n) is 7.38. The molecule has 2 rings (SSSR count). The average molecular weight is 339 g/mol. The van der Waals surface area contributed by atoms with Crippen molar-refractivity contribution < 1.29 is 16.8 Å². The van der Waals surface area contributed by atoms with Crippen LogP contribution in [0.2, 0.25) is 0 Å². The van der Waals surface area contributed by atoms with E-state index in [-0.39, 0.29) is 18.1 Å². The van der Waals surface area contributed by atoms with E-state index in [4.69, 9.17) is 0 Å². The second-order valence-electron chi connectivity index (χ2n) is 6.01. The molecule has 2 atom stereocenters. The lowest BCUT2D eigenvalue weighted by atomic mass is 10.00. The Balaban J connectivity index is 2.10. The number of hydrogen-bond acceptors (Lipinski definition) is 5. The maximum Gasteiger partial charge on any atom is 0.282 e. The number of nitrogens with zero attached hydrogens (tertiary/aromatic N) is 2. The summed E-state index contributed by atoms with van der Waals surface area (Å²) in [5.41, 5.74) is 0. The molecule has 2 heterocycles. The molecular formula is C12H25N3O4S2. The fourth-order valence-electron chi connectivity index (χ4n) is 3.17. The topological polar surface area (TPSA) is 86.8 Å². The molecule has 0 aromatic carbocycles. The van der Waals surface area contributed by atoms with Crippen LogP contribution in [0, 0.1) is 5.92 Å². The first-order chi connectivity index (χ1) is 9.76. The number of piperidine rings is 1. The van der Waals surface area contributed by atoms with Crippen LogP contribution in [0.3, 0.4) is 0 Å². The van der Waals surface area contributed by atoms with Gasteiger partial charge in [0.2, 0.25) is 0 Å². The van der Waals surface area contributed by atoms with Gasteiger partial charge in [-0.3, -0.25) is 0 Å². The van der Waals surface area contributed by atoms with E-state index < -0.39 is 26.1 Å². The molecule has 0 saturated carbocycles. The molecule has 1 N–H and O–H groups in total. The second kappa shape index (κ2) is 6.49. The Bertz CT molecular complexity index is 559. The molecule has 0 spiro atoms. The molecule has 21 heavy (non-hydrogen) atoms. The first-order valence-corrected chi connectivity index (χ1v) is 10.6. The number of rotatable bonds is 4. The van der Waals surface area contributed by atoms with Crippen LogP contribution >= 0.6 is 0 Å². The molecule has 0 aromatic rings. The highest BCUT2D eigenvalue weighted by atomic mass is 32.2. The van der Waals surface area contributed by atoms with Crippen molar-refractivity contribution in [3.63, 3.8) is 0 Å². The summed E-state index contributed by atoms with van der Waals surface area (Å²) < 4.78 is 51.6. The Morgan fingerprint density at radius 1 is 1.29 bits per heavy atom. The molecule has 9 heteroatoms. The van der Waals surface area contributed by atoms with Crippen molar-refractivity contribution in [2.45, 2.75) is 25.8 Å². The molecule has 2 aliphatic heterocycles. The van der Waals surface area contributed by atoms with Gasteiger partial charge in [-0.05, 0) is 39.3 Å². The van der Waals surface area contributed by atoms with Crippen LogP contribution in [-0.4, -0.2) is 76.2 Å². The van der Waals surface area contributed by atoms with Gasteiger partial charge in [-0.25, -0.2) is 8.42 Å².